The fraction of sp³-hybridized carbons (Fsp3) is 0.300. The molecule has 2 rings (SSSR count). The topological polar surface area (TPSA) is 114 Å². The van der Waals surface area contributed by atoms with E-state index >= 15 is 0 Å². The van der Waals surface area contributed by atoms with Crippen LogP contribution in [0.4, 0.5) is 0 Å². The SMILES string of the molecule is CC(=O)[O-].CC(=O)[O-].O=S(CCS(=O)Cc1ccccc1)Cc1ccccc1.[Pd+2]. The Bertz CT molecular complexity index is 681. The molecule has 0 aliphatic rings. The van der Waals surface area contributed by atoms with Crippen molar-refractivity contribution in [1.82, 2.24) is 0 Å². The molecule has 2 unspecified atom stereocenters. The third kappa shape index (κ3) is 20.9. The summed E-state index contributed by atoms with van der Waals surface area (Å²) in [6, 6.07) is 19.6. The molecule has 29 heavy (non-hydrogen) atoms. The van der Waals surface area contributed by atoms with E-state index in [4.69, 9.17) is 19.8 Å². The van der Waals surface area contributed by atoms with Crippen LogP contribution >= 0.6 is 0 Å². The number of aliphatic carboxylic acids is 2. The number of rotatable bonds is 7. The Hall–Kier alpha value is -1.66. The van der Waals surface area contributed by atoms with Crippen molar-refractivity contribution in [2.24, 2.45) is 0 Å². The van der Waals surface area contributed by atoms with Crippen molar-refractivity contribution < 1.29 is 48.6 Å². The molecular formula is C20H24O6PdS2. The molecule has 0 aliphatic heterocycles. The molecule has 6 nitrogen and oxygen atoms in total. The molecule has 0 N–H and O–H groups in total. The van der Waals surface area contributed by atoms with Gasteiger partial charge in [-0.2, -0.15) is 0 Å². The summed E-state index contributed by atoms with van der Waals surface area (Å²) in [5, 5.41) is 17.8. The van der Waals surface area contributed by atoms with E-state index in [1.54, 1.807) is 0 Å². The van der Waals surface area contributed by atoms with Crippen LogP contribution in [0.5, 0.6) is 0 Å². The Morgan fingerprint density at radius 1 is 0.690 bits per heavy atom. The fourth-order valence-electron chi connectivity index (χ4n) is 1.85. The summed E-state index contributed by atoms with van der Waals surface area (Å²) < 4.78 is 23.9. The quantitative estimate of drug-likeness (QED) is 0.479. The van der Waals surface area contributed by atoms with Gasteiger partial charge in [-0.1, -0.05) is 60.7 Å². The minimum Gasteiger partial charge on any atom is -0.550 e. The molecule has 0 aliphatic carbocycles. The molecule has 9 heteroatoms. The van der Waals surface area contributed by atoms with Crippen molar-refractivity contribution in [1.29, 1.82) is 0 Å². The minimum atomic E-state index is -1.08. The second-order valence-electron chi connectivity index (χ2n) is 5.53. The van der Waals surface area contributed by atoms with E-state index in [9.17, 15) is 8.42 Å². The van der Waals surface area contributed by atoms with E-state index in [2.05, 4.69) is 0 Å². The van der Waals surface area contributed by atoms with Gasteiger partial charge in [0.25, 0.3) is 0 Å². The number of carbonyl (C=O) groups excluding carboxylic acids is 2. The number of carbonyl (C=O) groups is 2. The van der Waals surface area contributed by atoms with E-state index < -0.39 is 33.5 Å². The number of hydrogen-bond acceptors (Lipinski definition) is 6. The van der Waals surface area contributed by atoms with Crippen LogP contribution in [0, 0.1) is 0 Å². The molecule has 0 radical (unpaired) electrons. The second kappa shape index (κ2) is 18.4. The molecule has 0 bridgehead atoms. The average Bonchev–Trinajstić information content (AvgIpc) is 2.61. The first kappa shape index (κ1) is 29.5. The summed E-state index contributed by atoms with van der Waals surface area (Å²) >= 11 is 0. The van der Waals surface area contributed by atoms with Crippen molar-refractivity contribution in [3.8, 4) is 0 Å². The van der Waals surface area contributed by atoms with E-state index in [1.807, 2.05) is 60.7 Å². The van der Waals surface area contributed by atoms with Crippen LogP contribution in [0.3, 0.4) is 0 Å². The van der Waals surface area contributed by atoms with Gasteiger partial charge in [0, 0.05) is 56.5 Å². The first-order valence-corrected chi connectivity index (χ1v) is 11.3. The zero-order valence-corrected chi connectivity index (χ0v) is 19.4. The molecule has 162 valence electrons. The average molecular weight is 531 g/mol. The maximum atomic E-state index is 11.9. The van der Waals surface area contributed by atoms with Gasteiger partial charge in [0.2, 0.25) is 0 Å². The normalized spacial score (nSPS) is 11.2. The molecule has 0 spiro atoms. The van der Waals surface area contributed by atoms with Gasteiger partial charge in [-0.3, -0.25) is 8.42 Å². The standard InChI is InChI=1S/C16H18O2S2.2C2H4O2.Pd/c17-19(13-15-7-3-1-4-8-15)11-12-20(18)14-16-9-5-2-6-10-16;2*1-2(3)4;/h1-10H,11-14H2;2*1H3,(H,3,4);/q;;;+2/p-2. The third-order valence-corrected chi connectivity index (χ3v) is 5.77. The van der Waals surface area contributed by atoms with Gasteiger partial charge in [0.15, 0.2) is 0 Å². The number of carboxylic acid groups (broad SMARTS) is 2. The largest absolute Gasteiger partial charge is 2.00 e. The number of benzene rings is 2. The van der Waals surface area contributed by atoms with Gasteiger partial charge in [-0.15, -0.1) is 0 Å². The summed E-state index contributed by atoms with van der Waals surface area (Å²) in [4.78, 5) is 17.8. The van der Waals surface area contributed by atoms with Gasteiger partial charge < -0.3 is 19.8 Å². The Labute approximate surface area is 190 Å². The minimum absolute atomic E-state index is 0. The van der Waals surface area contributed by atoms with Crippen molar-refractivity contribution in [2.75, 3.05) is 11.5 Å². The fourth-order valence-corrected chi connectivity index (χ4v) is 4.75. The summed E-state index contributed by atoms with van der Waals surface area (Å²) in [6.45, 7) is 1.94. The van der Waals surface area contributed by atoms with Crippen molar-refractivity contribution in [3.63, 3.8) is 0 Å². The zero-order chi connectivity index (χ0) is 21.4. The Morgan fingerprint density at radius 3 is 1.17 bits per heavy atom. The Balaban J connectivity index is 0. The smallest absolute Gasteiger partial charge is 0.550 e. The monoisotopic (exact) mass is 530 g/mol. The maximum Gasteiger partial charge on any atom is 2.00 e. The molecule has 2 aromatic carbocycles. The van der Waals surface area contributed by atoms with Gasteiger partial charge in [-0.05, 0) is 25.0 Å². The zero-order valence-electron chi connectivity index (χ0n) is 16.2. The second-order valence-corrected chi connectivity index (χ2v) is 8.68. The van der Waals surface area contributed by atoms with Gasteiger partial charge >= 0.3 is 20.4 Å². The molecule has 0 amide bonds. The van der Waals surface area contributed by atoms with Crippen LogP contribution in [0.2, 0.25) is 0 Å². The van der Waals surface area contributed by atoms with E-state index in [-0.39, 0.29) is 20.4 Å². The first-order valence-electron chi connectivity index (χ1n) is 8.33. The molecule has 0 saturated carbocycles. The summed E-state index contributed by atoms with van der Waals surface area (Å²) in [6.07, 6.45) is 0. The van der Waals surface area contributed by atoms with Crippen LogP contribution in [0.15, 0.2) is 60.7 Å². The molecular weight excluding hydrogens is 507 g/mol. The predicted molar refractivity (Wildman–Crippen MR) is 108 cm³/mol. The summed E-state index contributed by atoms with van der Waals surface area (Å²) in [7, 11) is -1.89. The van der Waals surface area contributed by atoms with Crippen molar-refractivity contribution in [2.45, 2.75) is 25.4 Å². The molecule has 2 atom stereocenters. The number of hydrogen-bond donors (Lipinski definition) is 0. The van der Waals surface area contributed by atoms with E-state index in [0.29, 0.717) is 23.0 Å². The van der Waals surface area contributed by atoms with Crippen LogP contribution < -0.4 is 10.2 Å². The Kier molecular flexibility index (Phi) is 18.7. The van der Waals surface area contributed by atoms with Gasteiger partial charge in [0.1, 0.15) is 0 Å². The van der Waals surface area contributed by atoms with E-state index in [0.717, 1.165) is 25.0 Å². The summed E-state index contributed by atoms with van der Waals surface area (Å²) in [5.41, 5.74) is 2.14. The molecule has 0 fully saturated rings. The van der Waals surface area contributed by atoms with Gasteiger partial charge in [0.05, 0.1) is 0 Å². The maximum absolute atomic E-state index is 11.9. The van der Waals surface area contributed by atoms with E-state index in [1.165, 1.54) is 0 Å². The van der Waals surface area contributed by atoms with Gasteiger partial charge in [-0.25, -0.2) is 0 Å². The third-order valence-electron chi connectivity index (χ3n) is 2.88. The van der Waals surface area contributed by atoms with Crippen LogP contribution in [-0.4, -0.2) is 31.9 Å². The molecule has 2 aromatic rings. The summed E-state index contributed by atoms with van der Waals surface area (Å²) in [5.74, 6) is -0.0879. The van der Waals surface area contributed by atoms with Crippen LogP contribution in [0.25, 0.3) is 0 Å². The molecule has 0 aromatic heterocycles. The first-order chi connectivity index (χ1) is 13.2. The van der Waals surface area contributed by atoms with Crippen LogP contribution in [-0.2, 0) is 63.1 Å². The number of carboxylic acids is 2. The van der Waals surface area contributed by atoms with Crippen molar-refractivity contribution in [3.05, 3.63) is 71.8 Å². The van der Waals surface area contributed by atoms with Crippen LogP contribution in [0.1, 0.15) is 25.0 Å². The predicted octanol–water partition coefficient (Wildman–Crippen LogP) is 0.394. The molecule has 0 heterocycles. The molecule has 0 saturated heterocycles. The Morgan fingerprint density at radius 2 is 0.931 bits per heavy atom. The van der Waals surface area contributed by atoms with Crippen molar-refractivity contribution >= 4 is 33.5 Å².